The van der Waals surface area contributed by atoms with Crippen LogP contribution in [0.1, 0.15) is 304 Å². The SMILES string of the molecule is CCCCCCCCCCCCCCCCCCC(=O)OC[C@@H](COC(=O)CCCCCCCCCCCCCCC(C)C)OC(=O)CCCCCCCCCCCC(C)C. The van der Waals surface area contributed by atoms with Crippen molar-refractivity contribution >= 4 is 17.9 Å². The predicted octanol–water partition coefficient (Wildman–Crippen LogP) is 17.7. The van der Waals surface area contributed by atoms with Gasteiger partial charge in [-0.15, -0.1) is 0 Å². The van der Waals surface area contributed by atoms with Crippen LogP contribution in [-0.4, -0.2) is 37.2 Å². The number of hydrogen-bond donors (Lipinski definition) is 0. The van der Waals surface area contributed by atoms with Crippen LogP contribution in [0.15, 0.2) is 0 Å². The van der Waals surface area contributed by atoms with Gasteiger partial charge in [-0.05, 0) is 31.1 Å². The molecule has 6 heteroatoms. The highest BCUT2D eigenvalue weighted by molar-refractivity contribution is 5.71. The van der Waals surface area contributed by atoms with E-state index in [9.17, 15) is 14.4 Å². The molecule has 0 spiro atoms. The monoisotopic (exact) mass is 863 g/mol. The molecule has 6 nitrogen and oxygen atoms in total. The zero-order chi connectivity index (χ0) is 44.7. The van der Waals surface area contributed by atoms with Crippen LogP contribution in [0.25, 0.3) is 0 Å². The van der Waals surface area contributed by atoms with Crippen molar-refractivity contribution in [2.75, 3.05) is 13.2 Å². The van der Waals surface area contributed by atoms with Gasteiger partial charge in [0.1, 0.15) is 13.2 Å². The predicted molar refractivity (Wildman–Crippen MR) is 261 cm³/mol. The van der Waals surface area contributed by atoms with Crippen LogP contribution < -0.4 is 0 Å². The lowest BCUT2D eigenvalue weighted by Gasteiger charge is -2.18. The van der Waals surface area contributed by atoms with Gasteiger partial charge in [0, 0.05) is 19.3 Å². The topological polar surface area (TPSA) is 78.9 Å². The van der Waals surface area contributed by atoms with Gasteiger partial charge in [-0.25, -0.2) is 0 Å². The molecule has 0 aromatic heterocycles. The maximum Gasteiger partial charge on any atom is 0.306 e. The van der Waals surface area contributed by atoms with Gasteiger partial charge in [0.2, 0.25) is 0 Å². The van der Waals surface area contributed by atoms with Crippen molar-refractivity contribution in [2.24, 2.45) is 11.8 Å². The summed E-state index contributed by atoms with van der Waals surface area (Å²) in [5.74, 6) is 0.794. The van der Waals surface area contributed by atoms with Crippen LogP contribution in [0.2, 0.25) is 0 Å². The average molecular weight is 863 g/mol. The first-order valence-electron chi connectivity index (χ1n) is 27.2. The number of carbonyl (C=O) groups excluding carboxylic acids is 3. The molecule has 0 bridgehead atoms. The zero-order valence-corrected chi connectivity index (χ0v) is 41.8. The molecule has 1 atom stereocenters. The molecule has 0 amide bonds. The summed E-state index contributed by atoms with van der Waals surface area (Å²) >= 11 is 0. The van der Waals surface area contributed by atoms with E-state index in [1.165, 1.54) is 193 Å². The standard InChI is InChI=1S/C55H106O6/c1-6-7-8-9-10-11-12-13-14-15-16-20-25-30-35-40-45-53(56)59-48-52(61-55(58)47-42-37-32-27-22-24-29-34-39-44-51(4)5)49-60-54(57)46-41-36-31-26-21-18-17-19-23-28-33-38-43-50(2)3/h50-52H,6-49H2,1-5H3/t52-/m0/s1. The fraction of sp³-hybridized carbons (Fsp3) is 0.945. The first-order chi connectivity index (χ1) is 29.7. The van der Waals surface area contributed by atoms with Crippen molar-refractivity contribution in [3.63, 3.8) is 0 Å². The fourth-order valence-corrected chi connectivity index (χ4v) is 8.34. The summed E-state index contributed by atoms with van der Waals surface area (Å²) in [5.41, 5.74) is 0. The van der Waals surface area contributed by atoms with Crippen molar-refractivity contribution in [3.05, 3.63) is 0 Å². The van der Waals surface area contributed by atoms with Crippen molar-refractivity contribution in [3.8, 4) is 0 Å². The highest BCUT2D eigenvalue weighted by atomic mass is 16.6. The van der Waals surface area contributed by atoms with E-state index < -0.39 is 6.10 Å². The van der Waals surface area contributed by atoms with Crippen LogP contribution in [-0.2, 0) is 28.6 Å². The molecule has 61 heavy (non-hydrogen) atoms. The Labute approximate surface area is 380 Å². The lowest BCUT2D eigenvalue weighted by atomic mass is 10.0. The molecular formula is C55H106O6. The maximum absolute atomic E-state index is 12.8. The smallest absolute Gasteiger partial charge is 0.306 e. The Morgan fingerprint density at radius 3 is 0.803 bits per heavy atom. The highest BCUT2D eigenvalue weighted by Gasteiger charge is 2.19. The van der Waals surface area contributed by atoms with Crippen LogP contribution >= 0.6 is 0 Å². The summed E-state index contributed by atoms with van der Waals surface area (Å²) in [5, 5.41) is 0. The van der Waals surface area contributed by atoms with Crippen molar-refractivity contribution in [1.82, 2.24) is 0 Å². The van der Waals surface area contributed by atoms with Gasteiger partial charge in [-0.3, -0.25) is 14.4 Å². The Morgan fingerprint density at radius 2 is 0.541 bits per heavy atom. The van der Waals surface area contributed by atoms with Gasteiger partial charge in [-0.2, -0.15) is 0 Å². The Kier molecular flexibility index (Phi) is 46.6. The molecule has 0 aliphatic heterocycles. The quantitative estimate of drug-likeness (QED) is 0.0344. The largest absolute Gasteiger partial charge is 0.462 e. The lowest BCUT2D eigenvalue weighted by Crippen LogP contribution is -2.30. The summed E-state index contributed by atoms with van der Waals surface area (Å²) < 4.78 is 16.8. The van der Waals surface area contributed by atoms with E-state index in [4.69, 9.17) is 14.2 Å². The molecule has 0 saturated heterocycles. The molecule has 362 valence electrons. The van der Waals surface area contributed by atoms with Gasteiger partial charge in [0.05, 0.1) is 0 Å². The maximum atomic E-state index is 12.8. The van der Waals surface area contributed by atoms with Crippen molar-refractivity contribution in [2.45, 2.75) is 310 Å². The van der Waals surface area contributed by atoms with E-state index in [0.717, 1.165) is 69.6 Å². The van der Waals surface area contributed by atoms with Gasteiger partial charge in [-0.1, -0.05) is 266 Å². The first kappa shape index (κ1) is 59.4. The van der Waals surface area contributed by atoms with Gasteiger partial charge in [0.25, 0.3) is 0 Å². The molecule has 0 unspecified atom stereocenters. The van der Waals surface area contributed by atoms with Gasteiger partial charge >= 0.3 is 17.9 Å². The second-order valence-corrected chi connectivity index (χ2v) is 19.8. The lowest BCUT2D eigenvalue weighted by molar-refractivity contribution is -0.167. The summed E-state index contributed by atoms with van der Waals surface area (Å²) in [4.78, 5) is 38.0. The second kappa shape index (κ2) is 47.9. The zero-order valence-electron chi connectivity index (χ0n) is 41.8. The minimum atomic E-state index is -0.762. The van der Waals surface area contributed by atoms with E-state index in [2.05, 4.69) is 34.6 Å². The molecule has 0 aliphatic carbocycles. The third-order valence-corrected chi connectivity index (χ3v) is 12.5. The first-order valence-corrected chi connectivity index (χ1v) is 27.2. The molecule has 0 aliphatic rings. The number of unbranched alkanes of at least 4 members (excludes halogenated alkanes) is 34. The Hall–Kier alpha value is -1.59. The molecular weight excluding hydrogens is 757 g/mol. The summed E-state index contributed by atoms with van der Waals surface area (Å²) in [6.45, 7) is 11.4. The number of esters is 3. The molecule has 0 fully saturated rings. The molecule has 0 N–H and O–H groups in total. The second-order valence-electron chi connectivity index (χ2n) is 19.8. The van der Waals surface area contributed by atoms with E-state index in [1.54, 1.807) is 0 Å². The average Bonchev–Trinajstić information content (AvgIpc) is 3.23. The molecule has 0 heterocycles. The fourth-order valence-electron chi connectivity index (χ4n) is 8.34. The number of ether oxygens (including phenoxy) is 3. The Balaban J connectivity index is 4.29. The molecule has 0 saturated carbocycles. The summed E-state index contributed by atoms with van der Waals surface area (Å²) in [6, 6.07) is 0. The number of rotatable bonds is 49. The van der Waals surface area contributed by atoms with Crippen LogP contribution in [0.5, 0.6) is 0 Å². The van der Waals surface area contributed by atoms with Crippen molar-refractivity contribution < 1.29 is 28.6 Å². The number of hydrogen-bond acceptors (Lipinski definition) is 6. The van der Waals surface area contributed by atoms with Crippen molar-refractivity contribution in [1.29, 1.82) is 0 Å². The van der Waals surface area contributed by atoms with Crippen LogP contribution in [0, 0.1) is 11.8 Å². The minimum Gasteiger partial charge on any atom is -0.462 e. The highest BCUT2D eigenvalue weighted by Crippen LogP contribution is 2.18. The third-order valence-electron chi connectivity index (χ3n) is 12.5. The minimum absolute atomic E-state index is 0.0635. The van der Waals surface area contributed by atoms with E-state index >= 15 is 0 Å². The van der Waals surface area contributed by atoms with Crippen LogP contribution in [0.4, 0.5) is 0 Å². The number of carbonyl (C=O) groups is 3. The Bertz CT molecular complexity index is 931. The normalized spacial score (nSPS) is 12.0. The summed E-state index contributed by atoms with van der Waals surface area (Å²) in [6.07, 6.45) is 49.5. The third kappa shape index (κ3) is 49.3. The Morgan fingerprint density at radius 1 is 0.311 bits per heavy atom. The molecule has 0 rings (SSSR count). The molecule has 0 aromatic rings. The van der Waals surface area contributed by atoms with E-state index in [-0.39, 0.29) is 31.1 Å². The van der Waals surface area contributed by atoms with E-state index in [1.807, 2.05) is 0 Å². The van der Waals surface area contributed by atoms with Gasteiger partial charge in [0.15, 0.2) is 6.10 Å². The molecule has 0 aromatic carbocycles. The van der Waals surface area contributed by atoms with E-state index in [0.29, 0.717) is 19.3 Å². The van der Waals surface area contributed by atoms with Gasteiger partial charge < -0.3 is 14.2 Å². The summed E-state index contributed by atoms with van der Waals surface area (Å²) in [7, 11) is 0. The van der Waals surface area contributed by atoms with Crippen LogP contribution in [0.3, 0.4) is 0 Å². The molecule has 0 radical (unpaired) electrons.